The number of carbonyl (C=O) groups is 2. The van der Waals surface area contributed by atoms with Gasteiger partial charge in [-0.15, -0.1) is 0 Å². The van der Waals surface area contributed by atoms with Gasteiger partial charge in [-0.3, -0.25) is 14.1 Å². The van der Waals surface area contributed by atoms with E-state index in [0.717, 1.165) is 27.8 Å². The first-order valence-electron chi connectivity index (χ1n) is 17.4. The smallest absolute Gasteiger partial charge is 0.319 e. The molecule has 54 heavy (non-hydrogen) atoms. The highest BCUT2D eigenvalue weighted by atomic mass is 32.2. The summed E-state index contributed by atoms with van der Waals surface area (Å²) in [7, 11) is -9.24. The van der Waals surface area contributed by atoms with E-state index in [0.29, 0.717) is 51.2 Å². The number of aromatic nitrogens is 1. The molecule has 2 heterocycles. The molecule has 0 saturated heterocycles. The Labute approximate surface area is 311 Å². The molecule has 0 bridgehead atoms. The molecule has 1 amide bonds. The summed E-state index contributed by atoms with van der Waals surface area (Å²) >= 11 is 0. The van der Waals surface area contributed by atoms with Crippen molar-refractivity contribution < 1.29 is 45.2 Å². The van der Waals surface area contributed by atoms with Gasteiger partial charge in [0, 0.05) is 57.6 Å². The van der Waals surface area contributed by atoms with Crippen LogP contribution in [0, 0.1) is 5.41 Å². The zero-order valence-corrected chi connectivity index (χ0v) is 31.3. The van der Waals surface area contributed by atoms with E-state index in [2.05, 4.69) is 5.32 Å². The summed E-state index contributed by atoms with van der Waals surface area (Å²) in [6, 6.07) is 16.3. The number of nitrogens with one attached hydrogen (secondary N) is 1. The van der Waals surface area contributed by atoms with Crippen LogP contribution in [-0.4, -0.2) is 70.9 Å². The van der Waals surface area contributed by atoms with E-state index >= 15 is 0 Å². The van der Waals surface area contributed by atoms with Crippen LogP contribution in [0.3, 0.4) is 0 Å². The Balaban J connectivity index is 1.40. The Morgan fingerprint density at radius 2 is 1.57 bits per heavy atom. The van der Waals surface area contributed by atoms with Crippen molar-refractivity contribution in [2.45, 2.75) is 49.9 Å². The number of carbonyl (C=O) groups excluding carboxylic acids is 1. The number of hydrogen-bond donors (Lipinski definition) is 3. The molecule has 0 saturated carbocycles. The average molecular weight is 768 g/mol. The number of carboxylic acids is 1. The second kappa shape index (κ2) is 13.5. The van der Waals surface area contributed by atoms with Crippen molar-refractivity contribution >= 4 is 82.0 Å². The fourth-order valence-corrected chi connectivity index (χ4v) is 9.42. The maximum Gasteiger partial charge on any atom is 0.319 e. The summed E-state index contributed by atoms with van der Waals surface area (Å²) in [5, 5.41) is 16.8. The number of rotatable bonds is 10. The number of aliphatic carboxylic acids is 1. The highest BCUT2D eigenvalue weighted by Gasteiger charge is 2.48. The Bertz CT molecular complexity index is 2860. The molecule has 2 aliphatic rings. The molecular formula is C40H37N3O9S2. The van der Waals surface area contributed by atoms with Crippen LogP contribution in [0.2, 0.25) is 0 Å². The lowest BCUT2D eigenvalue weighted by atomic mass is 9.71. The summed E-state index contributed by atoms with van der Waals surface area (Å²) in [6.45, 7) is 6.87. The zero-order valence-electron chi connectivity index (χ0n) is 29.7. The fraction of sp³-hybridized carbons (Fsp3) is 0.225. The standard InChI is InChI=1S/C40H37N3O9S2/c1-4-41-38(44)40(39(45)46)22-24(13-15-30-26-9-7-11-28-34(53(47,48)49)19-17-32(36(26)28)42(30)5-2)21-25(23-40)14-16-31-27-10-8-12-29-35(54(50,51)52)20-18-33(37(27)29)43(31)6-3/h7-21H,4-6,22-23H2,1-3H3,(H3-,41,44,45,46,47,48,49,50,51,52). The van der Waals surface area contributed by atoms with Crippen LogP contribution in [0.25, 0.3) is 38.5 Å². The maximum atomic E-state index is 13.6. The largest absolute Gasteiger partial charge is 0.744 e. The molecule has 3 N–H and O–H groups in total. The Hall–Kier alpha value is -5.41. The molecule has 278 valence electrons. The second-order valence-electron chi connectivity index (χ2n) is 13.4. The molecule has 1 aliphatic carbocycles. The molecule has 0 spiro atoms. The third-order valence-electron chi connectivity index (χ3n) is 10.3. The normalized spacial score (nSPS) is 18.9. The first kappa shape index (κ1) is 36.9. The van der Waals surface area contributed by atoms with Crippen molar-refractivity contribution in [2.24, 2.45) is 5.41 Å². The minimum Gasteiger partial charge on any atom is -0.744 e. The van der Waals surface area contributed by atoms with Gasteiger partial charge in [0.15, 0.2) is 5.41 Å². The summed E-state index contributed by atoms with van der Waals surface area (Å²) in [6.07, 6.45) is 8.85. The lowest BCUT2D eigenvalue weighted by Crippen LogP contribution is -2.48. The van der Waals surface area contributed by atoms with E-state index in [1.165, 1.54) is 12.1 Å². The van der Waals surface area contributed by atoms with Gasteiger partial charge in [-0.1, -0.05) is 48.6 Å². The van der Waals surface area contributed by atoms with Gasteiger partial charge < -0.3 is 19.5 Å². The molecule has 4 aromatic carbocycles. The summed E-state index contributed by atoms with van der Waals surface area (Å²) in [5.74, 6) is -1.89. The van der Waals surface area contributed by atoms with Crippen molar-refractivity contribution in [3.05, 3.63) is 107 Å². The van der Waals surface area contributed by atoms with Crippen molar-refractivity contribution in [1.29, 1.82) is 0 Å². The average Bonchev–Trinajstić information content (AvgIpc) is 3.61. The number of benzene rings is 4. The van der Waals surface area contributed by atoms with Crippen molar-refractivity contribution in [3.63, 3.8) is 0 Å². The lowest BCUT2D eigenvalue weighted by molar-refractivity contribution is -0.430. The van der Waals surface area contributed by atoms with Crippen molar-refractivity contribution in [1.82, 2.24) is 9.88 Å². The first-order chi connectivity index (χ1) is 25.6. The van der Waals surface area contributed by atoms with Gasteiger partial charge in [0.1, 0.15) is 21.6 Å². The number of hydrogen-bond acceptors (Lipinski definition) is 7. The van der Waals surface area contributed by atoms with Gasteiger partial charge in [-0.2, -0.15) is 13.0 Å². The van der Waals surface area contributed by atoms with Crippen LogP contribution in [0.1, 0.15) is 39.2 Å². The maximum absolute atomic E-state index is 13.6. The molecule has 12 nitrogen and oxygen atoms in total. The van der Waals surface area contributed by atoms with E-state index in [1.54, 1.807) is 55.5 Å². The Morgan fingerprint density at radius 3 is 2.22 bits per heavy atom. The number of carboxylic acid groups (broad SMARTS) is 1. The Morgan fingerprint density at radius 1 is 0.889 bits per heavy atom. The van der Waals surface area contributed by atoms with Gasteiger partial charge in [0.25, 0.3) is 10.1 Å². The van der Waals surface area contributed by atoms with Crippen LogP contribution in [0.15, 0.2) is 106 Å². The highest BCUT2D eigenvalue weighted by Crippen LogP contribution is 2.42. The SMILES string of the molecule is CCNC(=O)C1(C(=O)O)CC(/C=C/C2=[N+](CC)c3ccc(S(=O)(=O)O)c4cccc2c34)=CC(=C/C=c2\c3cccc4c(S(=O)(=O)[O-])ccc(c43)n2CC)/C1. The van der Waals surface area contributed by atoms with Gasteiger partial charge in [0.05, 0.1) is 15.8 Å². The lowest BCUT2D eigenvalue weighted by Gasteiger charge is -2.32. The number of aryl methyl sites for hydroxylation is 1. The number of allylic oxidation sites excluding steroid dienone is 6. The molecule has 1 atom stereocenters. The molecule has 1 aliphatic heterocycles. The van der Waals surface area contributed by atoms with Crippen LogP contribution >= 0.6 is 0 Å². The summed E-state index contributed by atoms with van der Waals surface area (Å²) in [4.78, 5) is 26.1. The monoisotopic (exact) mass is 767 g/mol. The van der Waals surface area contributed by atoms with Gasteiger partial charge >= 0.3 is 5.97 Å². The number of amides is 1. The van der Waals surface area contributed by atoms with Gasteiger partial charge in [0.2, 0.25) is 17.3 Å². The molecular weight excluding hydrogens is 731 g/mol. The highest BCUT2D eigenvalue weighted by molar-refractivity contribution is 7.86. The molecule has 1 aromatic heterocycles. The second-order valence-corrected chi connectivity index (χ2v) is 16.1. The van der Waals surface area contributed by atoms with E-state index < -0.39 is 37.5 Å². The van der Waals surface area contributed by atoms with E-state index in [1.807, 2.05) is 53.4 Å². The minimum atomic E-state index is -4.74. The van der Waals surface area contributed by atoms with Crippen molar-refractivity contribution in [3.8, 4) is 0 Å². The third kappa shape index (κ3) is 5.95. The topological polar surface area (TPSA) is 186 Å². The predicted octanol–water partition coefficient (Wildman–Crippen LogP) is 5.19. The van der Waals surface area contributed by atoms with Crippen molar-refractivity contribution in [2.75, 3.05) is 13.1 Å². The fourth-order valence-electron chi connectivity index (χ4n) is 8.06. The quantitative estimate of drug-likeness (QED) is 0.0977. The van der Waals surface area contributed by atoms with E-state index in [9.17, 15) is 40.6 Å². The molecule has 14 heteroatoms. The van der Waals surface area contributed by atoms with Crippen LogP contribution < -0.4 is 10.7 Å². The van der Waals surface area contributed by atoms with Crippen LogP contribution in [0.4, 0.5) is 5.69 Å². The molecule has 0 radical (unpaired) electrons. The molecule has 1 unspecified atom stereocenters. The third-order valence-corrected chi connectivity index (χ3v) is 12.1. The summed E-state index contributed by atoms with van der Waals surface area (Å²) < 4.78 is 74.7. The predicted molar refractivity (Wildman–Crippen MR) is 204 cm³/mol. The van der Waals surface area contributed by atoms with Crippen LogP contribution in [-0.2, 0) is 36.4 Å². The summed E-state index contributed by atoms with van der Waals surface area (Å²) in [5.41, 5.74) is 2.27. The zero-order chi connectivity index (χ0) is 38.7. The molecule has 7 rings (SSSR count). The van der Waals surface area contributed by atoms with E-state index in [-0.39, 0.29) is 29.2 Å². The number of nitrogens with zero attached hydrogens (tertiary/aromatic N) is 2. The van der Waals surface area contributed by atoms with Crippen LogP contribution in [0.5, 0.6) is 0 Å². The molecule has 0 fully saturated rings. The van der Waals surface area contributed by atoms with E-state index in [4.69, 9.17) is 0 Å². The Kier molecular flexibility index (Phi) is 9.21. The van der Waals surface area contributed by atoms with Gasteiger partial charge in [-0.25, -0.2) is 8.42 Å². The van der Waals surface area contributed by atoms with Gasteiger partial charge in [-0.05, 0) is 75.1 Å². The first-order valence-corrected chi connectivity index (χ1v) is 20.3. The molecule has 5 aromatic rings. The minimum absolute atomic E-state index is 0.0969.